The molecule has 1 atom stereocenters. The minimum atomic E-state index is -0.178. The highest BCUT2D eigenvalue weighted by atomic mass is 127. The molecule has 0 spiro atoms. The van der Waals surface area contributed by atoms with Crippen LogP contribution in [0.5, 0.6) is 11.5 Å². The summed E-state index contributed by atoms with van der Waals surface area (Å²) in [4.78, 5) is 15.7. The molecule has 0 aliphatic heterocycles. The third kappa shape index (κ3) is 10.6. The van der Waals surface area contributed by atoms with E-state index in [0.717, 1.165) is 42.4 Å². The minimum Gasteiger partial charge on any atom is -0.490 e. The van der Waals surface area contributed by atoms with Gasteiger partial charge in [-0.25, -0.2) is 0 Å². The van der Waals surface area contributed by atoms with Crippen molar-refractivity contribution in [3.8, 4) is 11.5 Å². The van der Waals surface area contributed by atoms with Crippen LogP contribution >= 0.6 is 24.0 Å². The second-order valence-corrected chi connectivity index (χ2v) is 6.23. The third-order valence-corrected chi connectivity index (χ3v) is 4.05. The maximum Gasteiger partial charge on any atom is 0.305 e. The molecule has 0 heterocycles. The maximum absolute atomic E-state index is 11.2. The lowest BCUT2D eigenvalue weighted by atomic mass is 10.1. The third-order valence-electron chi connectivity index (χ3n) is 4.05. The topological polar surface area (TPSA) is 81.2 Å². The molecule has 7 nitrogen and oxygen atoms in total. The quantitative estimate of drug-likeness (QED) is 0.142. The SMILES string of the molecule is CCNC(=NCCCCC(=O)OC)NC(C)c1ccc(OCC)c(OCC)c1.I. The number of rotatable bonds is 12. The number of carbonyl (C=O) groups is 1. The first-order chi connectivity index (χ1) is 13.5. The molecule has 1 rings (SSSR count). The Morgan fingerprint density at radius 1 is 1.10 bits per heavy atom. The molecule has 0 saturated heterocycles. The zero-order chi connectivity index (χ0) is 20.8. The van der Waals surface area contributed by atoms with E-state index in [2.05, 4.69) is 27.3 Å². The summed E-state index contributed by atoms with van der Waals surface area (Å²) in [7, 11) is 1.41. The fourth-order valence-corrected chi connectivity index (χ4v) is 2.62. The summed E-state index contributed by atoms with van der Waals surface area (Å²) in [6.07, 6.45) is 2.03. The van der Waals surface area contributed by atoms with Crippen molar-refractivity contribution in [1.29, 1.82) is 0 Å². The molecule has 8 heteroatoms. The number of unbranched alkanes of at least 4 members (excludes halogenated alkanes) is 1. The lowest BCUT2D eigenvalue weighted by Crippen LogP contribution is -2.38. The van der Waals surface area contributed by atoms with Crippen molar-refractivity contribution in [2.24, 2.45) is 4.99 Å². The first-order valence-corrected chi connectivity index (χ1v) is 10.1. The molecule has 0 amide bonds. The Labute approximate surface area is 192 Å². The van der Waals surface area contributed by atoms with Gasteiger partial charge < -0.3 is 24.8 Å². The number of nitrogens with zero attached hydrogens (tertiary/aromatic N) is 1. The molecule has 0 radical (unpaired) electrons. The molecule has 0 aliphatic carbocycles. The summed E-state index contributed by atoms with van der Waals surface area (Å²) in [5.74, 6) is 2.08. The van der Waals surface area contributed by atoms with E-state index in [1.165, 1.54) is 7.11 Å². The first-order valence-electron chi connectivity index (χ1n) is 10.1. The van der Waals surface area contributed by atoms with Gasteiger partial charge in [-0.05, 0) is 58.2 Å². The molecular weight excluding hydrogens is 485 g/mol. The van der Waals surface area contributed by atoms with E-state index in [1.807, 2.05) is 39.0 Å². The van der Waals surface area contributed by atoms with Crippen LogP contribution in [0.2, 0.25) is 0 Å². The van der Waals surface area contributed by atoms with Crippen molar-refractivity contribution in [2.75, 3.05) is 33.4 Å². The Balaban J connectivity index is 0.00000784. The molecule has 1 aromatic rings. The van der Waals surface area contributed by atoms with E-state index >= 15 is 0 Å². The summed E-state index contributed by atoms with van der Waals surface area (Å²) in [6.45, 7) is 10.6. The lowest BCUT2D eigenvalue weighted by molar-refractivity contribution is -0.140. The van der Waals surface area contributed by atoms with Crippen molar-refractivity contribution >= 4 is 35.9 Å². The molecule has 29 heavy (non-hydrogen) atoms. The van der Waals surface area contributed by atoms with Crippen LogP contribution < -0.4 is 20.1 Å². The van der Waals surface area contributed by atoms with Gasteiger partial charge >= 0.3 is 5.97 Å². The second-order valence-electron chi connectivity index (χ2n) is 6.23. The highest BCUT2D eigenvalue weighted by Gasteiger charge is 2.12. The standard InChI is InChI=1S/C21H35N3O4.HI/c1-6-22-21(23-14-10-9-11-20(25)26-5)24-16(4)17-12-13-18(27-7-2)19(15-17)28-8-3;/h12-13,15-16H,6-11,14H2,1-5H3,(H2,22,23,24);1H. The average molecular weight is 521 g/mol. The molecule has 0 aromatic heterocycles. The zero-order valence-corrected chi connectivity index (χ0v) is 20.6. The molecule has 0 fully saturated rings. The van der Waals surface area contributed by atoms with Crippen LogP contribution in [-0.2, 0) is 9.53 Å². The Morgan fingerprint density at radius 3 is 2.41 bits per heavy atom. The Hall–Kier alpha value is -1.71. The van der Waals surface area contributed by atoms with E-state index in [-0.39, 0.29) is 36.0 Å². The van der Waals surface area contributed by atoms with E-state index in [9.17, 15) is 4.79 Å². The molecule has 166 valence electrons. The van der Waals surface area contributed by atoms with Gasteiger partial charge in [0.05, 0.1) is 26.4 Å². The van der Waals surface area contributed by atoms with Crippen molar-refractivity contribution < 1.29 is 19.0 Å². The van der Waals surface area contributed by atoms with Gasteiger partial charge in [-0.2, -0.15) is 0 Å². The summed E-state index contributed by atoms with van der Waals surface area (Å²) in [6, 6.07) is 6.03. The van der Waals surface area contributed by atoms with Crippen LogP contribution in [0, 0.1) is 0 Å². The first kappa shape index (κ1) is 27.3. The van der Waals surface area contributed by atoms with E-state index in [1.54, 1.807) is 0 Å². The zero-order valence-electron chi connectivity index (χ0n) is 18.2. The number of methoxy groups -OCH3 is 1. The molecule has 1 unspecified atom stereocenters. The number of carbonyl (C=O) groups excluding carboxylic acids is 1. The molecular formula is C21H36IN3O4. The molecule has 0 bridgehead atoms. The van der Waals surface area contributed by atoms with E-state index < -0.39 is 0 Å². The van der Waals surface area contributed by atoms with Crippen molar-refractivity contribution in [3.63, 3.8) is 0 Å². The molecule has 0 saturated carbocycles. The van der Waals surface area contributed by atoms with Gasteiger partial charge in [-0.15, -0.1) is 24.0 Å². The number of halogens is 1. The average Bonchev–Trinajstić information content (AvgIpc) is 2.69. The molecule has 2 N–H and O–H groups in total. The van der Waals surface area contributed by atoms with E-state index in [0.29, 0.717) is 26.2 Å². The van der Waals surface area contributed by atoms with Gasteiger partial charge in [0.1, 0.15) is 0 Å². The van der Waals surface area contributed by atoms with Crippen LogP contribution in [-0.4, -0.2) is 45.3 Å². The van der Waals surface area contributed by atoms with Crippen LogP contribution in [0.25, 0.3) is 0 Å². The highest BCUT2D eigenvalue weighted by molar-refractivity contribution is 14.0. The number of nitrogens with one attached hydrogen (secondary N) is 2. The summed E-state index contributed by atoms with van der Waals surface area (Å²) in [5, 5.41) is 6.67. The number of hydrogen-bond donors (Lipinski definition) is 2. The smallest absolute Gasteiger partial charge is 0.305 e. The number of benzene rings is 1. The lowest BCUT2D eigenvalue weighted by Gasteiger charge is -2.20. The molecule has 1 aromatic carbocycles. The second kappa shape index (κ2) is 16.1. The van der Waals surface area contributed by atoms with Gasteiger partial charge in [-0.3, -0.25) is 9.79 Å². The minimum absolute atomic E-state index is 0. The fourth-order valence-electron chi connectivity index (χ4n) is 2.62. The van der Waals surface area contributed by atoms with Crippen LogP contribution in [0.15, 0.2) is 23.2 Å². The van der Waals surface area contributed by atoms with Crippen molar-refractivity contribution in [2.45, 2.75) is 53.0 Å². The summed E-state index contributed by atoms with van der Waals surface area (Å²) in [5.41, 5.74) is 1.09. The number of hydrogen-bond acceptors (Lipinski definition) is 5. The monoisotopic (exact) mass is 521 g/mol. The van der Waals surface area contributed by atoms with Crippen molar-refractivity contribution in [3.05, 3.63) is 23.8 Å². The Kier molecular flexibility index (Phi) is 15.2. The van der Waals surface area contributed by atoms with Gasteiger partial charge in [0.15, 0.2) is 17.5 Å². The van der Waals surface area contributed by atoms with Gasteiger partial charge in [0, 0.05) is 19.5 Å². The number of guanidine groups is 1. The predicted octanol–water partition coefficient (Wildman–Crippen LogP) is 4.06. The molecule has 0 aliphatic rings. The fraction of sp³-hybridized carbons (Fsp3) is 0.619. The Bertz CT molecular complexity index is 626. The number of aliphatic imine (C=N–C) groups is 1. The summed E-state index contributed by atoms with van der Waals surface area (Å²) < 4.78 is 16.0. The largest absolute Gasteiger partial charge is 0.490 e. The predicted molar refractivity (Wildman–Crippen MR) is 128 cm³/mol. The normalized spacial score (nSPS) is 11.8. The highest BCUT2D eigenvalue weighted by Crippen LogP contribution is 2.30. The Morgan fingerprint density at radius 2 is 1.79 bits per heavy atom. The number of ether oxygens (including phenoxy) is 3. The van der Waals surface area contributed by atoms with Gasteiger partial charge in [-0.1, -0.05) is 6.07 Å². The maximum atomic E-state index is 11.2. The van der Waals surface area contributed by atoms with Crippen LogP contribution in [0.4, 0.5) is 0 Å². The summed E-state index contributed by atoms with van der Waals surface area (Å²) >= 11 is 0. The number of esters is 1. The van der Waals surface area contributed by atoms with Crippen LogP contribution in [0.1, 0.15) is 58.6 Å². The van der Waals surface area contributed by atoms with Gasteiger partial charge in [0.2, 0.25) is 0 Å². The van der Waals surface area contributed by atoms with Gasteiger partial charge in [0.25, 0.3) is 0 Å². The van der Waals surface area contributed by atoms with Crippen molar-refractivity contribution in [1.82, 2.24) is 10.6 Å². The van der Waals surface area contributed by atoms with Crippen LogP contribution in [0.3, 0.4) is 0 Å². The van der Waals surface area contributed by atoms with E-state index in [4.69, 9.17) is 9.47 Å².